The van der Waals surface area contributed by atoms with Gasteiger partial charge in [-0.2, -0.15) is 0 Å². The second kappa shape index (κ2) is 5.81. The molecule has 1 N–H and O–H groups in total. The number of hydrogen-bond donors (Lipinski definition) is 1. The zero-order chi connectivity index (χ0) is 14.7. The van der Waals surface area contributed by atoms with Crippen LogP contribution in [0.4, 0.5) is 10.5 Å². The molecule has 2 amide bonds. The van der Waals surface area contributed by atoms with Crippen LogP contribution in [0.2, 0.25) is 0 Å². The quantitative estimate of drug-likeness (QED) is 0.833. The molecule has 0 saturated carbocycles. The Morgan fingerprint density at radius 2 is 2.15 bits per heavy atom. The van der Waals surface area contributed by atoms with Crippen molar-refractivity contribution in [3.63, 3.8) is 0 Å². The fourth-order valence-corrected chi connectivity index (χ4v) is 2.08. The van der Waals surface area contributed by atoms with Crippen molar-refractivity contribution in [3.05, 3.63) is 24.3 Å². The van der Waals surface area contributed by atoms with Gasteiger partial charge in [-0.3, -0.25) is 4.90 Å². The van der Waals surface area contributed by atoms with E-state index in [0.29, 0.717) is 18.0 Å². The molecule has 1 aliphatic rings. The van der Waals surface area contributed by atoms with Crippen molar-refractivity contribution in [1.82, 2.24) is 5.32 Å². The highest BCUT2D eigenvalue weighted by Crippen LogP contribution is 2.32. The first kappa shape index (κ1) is 14.2. The van der Waals surface area contributed by atoms with Gasteiger partial charge in [-0.05, 0) is 26.0 Å². The van der Waals surface area contributed by atoms with Crippen LogP contribution in [0.15, 0.2) is 24.3 Å². The first-order valence-corrected chi connectivity index (χ1v) is 6.44. The third-order valence-electron chi connectivity index (χ3n) is 3.06. The van der Waals surface area contributed by atoms with Crippen molar-refractivity contribution < 1.29 is 19.1 Å². The Labute approximate surface area is 117 Å². The van der Waals surface area contributed by atoms with Gasteiger partial charge in [-0.1, -0.05) is 12.1 Å². The second-order valence-electron chi connectivity index (χ2n) is 4.70. The number of benzene rings is 1. The van der Waals surface area contributed by atoms with Crippen LogP contribution in [-0.2, 0) is 9.53 Å². The summed E-state index contributed by atoms with van der Waals surface area (Å²) in [6.07, 6.45) is -0.107. The Bertz CT molecular complexity index is 518. The summed E-state index contributed by atoms with van der Waals surface area (Å²) in [6.45, 7) is 3.90. The molecule has 1 aromatic rings. The Morgan fingerprint density at radius 3 is 2.85 bits per heavy atom. The van der Waals surface area contributed by atoms with Crippen molar-refractivity contribution in [2.75, 3.05) is 18.6 Å². The van der Waals surface area contributed by atoms with Gasteiger partial charge >= 0.3 is 12.0 Å². The lowest BCUT2D eigenvalue weighted by Gasteiger charge is -2.33. The molecule has 6 nitrogen and oxygen atoms in total. The maximum Gasteiger partial charge on any atom is 0.328 e. The molecule has 108 valence electrons. The van der Waals surface area contributed by atoms with Crippen LogP contribution in [0.3, 0.4) is 0 Å². The van der Waals surface area contributed by atoms with Crippen LogP contribution in [0.1, 0.15) is 13.8 Å². The summed E-state index contributed by atoms with van der Waals surface area (Å²) in [4.78, 5) is 25.2. The average molecular weight is 278 g/mol. The highest BCUT2D eigenvalue weighted by Gasteiger charge is 2.29. The van der Waals surface area contributed by atoms with E-state index >= 15 is 0 Å². The Balaban J connectivity index is 2.16. The molecule has 20 heavy (non-hydrogen) atoms. The predicted molar refractivity (Wildman–Crippen MR) is 73.9 cm³/mol. The van der Waals surface area contributed by atoms with Crippen LogP contribution in [0.25, 0.3) is 0 Å². The molecular formula is C14H18N2O4. The lowest BCUT2D eigenvalue weighted by atomic mass is 10.2. The molecule has 2 rings (SSSR count). The number of fused-ring (bicyclic) bond motifs is 1. The fourth-order valence-electron chi connectivity index (χ4n) is 2.08. The molecule has 0 saturated heterocycles. The molecule has 2 unspecified atom stereocenters. The van der Waals surface area contributed by atoms with Crippen molar-refractivity contribution in [3.8, 4) is 5.75 Å². The molecule has 1 aromatic carbocycles. The zero-order valence-corrected chi connectivity index (χ0v) is 11.8. The normalized spacial score (nSPS) is 18.6. The van der Waals surface area contributed by atoms with Crippen molar-refractivity contribution in [1.29, 1.82) is 0 Å². The number of esters is 1. The van der Waals surface area contributed by atoms with Gasteiger partial charge in [-0.25, -0.2) is 9.59 Å². The van der Waals surface area contributed by atoms with Crippen molar-refractivity contribution in [2.45, 2.75) is 26.0 Å². The number of para-hydroxylation sites is 2. The minimum Gasteiger partial charge on any atom is -0.487 e. The van der Waals surface area contributed by atoms with E-state index in [4.69, 9.17) is 4.74 Å². The van der Waals surface area contributed by atoms with Gasteiger partial charge in [-0.15, -0.1) is 0 Å². The summed E-state index contributed by atoms with van der Waals surface area (Å²) in [5.41, 5.74) is 0.695. The number of amides is 2. The molecule has 0 aromatic heterocycles. The van der Waals surface area contributed by atoms with E-state index in [9.17, 15) is 9.59 Å². The number of carbonyl (C=O) groups excluding carboxylic acids is 2. The first-order valence-electron chi connectivity index (χ1n) is 6.44. The molecule has 1 heterocycles. The maximum atomic E-state index is 12.3. The van der Waals surface area contributed by atoms with Gasteiger partial charge in [0.05, 0.1) is 19.3 Å². The van der Waals surface area contributed by atoms with Gasteiger partial charge in [0.2, 0.25) is 0 Å². The summed E-state index contributed by atoms with van der Waals surface area (Å²) in [5.74, 6) is 0.181. The molecule has 0 fully saturated rings. The molecule has 1 aliphatic heterocycles. The van der Waals surface area contributed by atoms with Gasteiger partial charge in [0.1, 0.15) is 17.9 Å². The van der Waals surface area contributed by atoms with Crippen LogP contribution < -0.4 is 15.0 Å². The molecule has 6 heteroatoms. The summed E-state index contributed by atoms with van der Waals surface area (Å²) < 4.78 is 10.3. The van der Waals surface area contributed by atoms with Crippen LogP contribution in [0.5, 0.6) is 5.75 Å². The molecule has 0 spiro atoms. The van der Waals surface area contributed by atoms with E-state index in [1.807, 2.05) is 31.2 Å². The number of nitrogens with one attached hydrogen (secondary N) is 1. The zero-order valence-electron chi connectivity index (χ0n) is 11.8. The largest absolute Gasteiger partial charge is 0.487 e. The number of nitrogens with zero attached hydrogens (tertiary/aromatic N) is 1. The maximum absolute atomic E-state index is 12.3. The van der Waals surface area contributed by atoms with E-state index in [1.165, 1.54) is 7.11 Å². The van der Waals surface area contributed by atoms with Gasteiger partial charge in [0, 0.05) is 0 Å². The average Bonchev–Trinajstić information content (AvgIpc) is 2.45. The van der Waals surface area contributed by atoms with E-state index in [-0.39, 0.29) is 12.1 Å². The number of hydrogen-bond acceptors (Lipinski definition) is 4. The highest BCUT2D eigenvalue weighted by atomic mass is 16.5. The highest BCUT2D eigenvalue weighted by molar-refractivity contribution is 5.96. The predicted octanol–water partition coefficient (Wildman–Crippen LogP) is 1.54. The summed E-state index contributed by atoms with van der Waals surface area (Å²) >= 11 is 0. The smallest absolute Gasteiger partial charge is 0.328 e. The molecule has 0 radical (unpaired) electrons. The SMILES string of the molecule is COC(=O)C(C)NC(=O)N1CC(C)Oc2ccccc21. The van der Waals surface area contributed by atoms with Crippen LogP contribution in [-0.4, -0.2) is 37.8 Å². The molecule has 0 aliphatic carbocycles. The van der Waals surface area contributed by atoms with Crippen molar-refractivity contribution >= 4 is 17.7 Å². The summed E-state index contributed by atoms with van der Waals surface area (Å²) in [5, 5.41) is 2.62. The van der Waals surface area contributed by atoms with E-state index in [1.54, 1.807) is 11.8 Å². The number of methoxy groups -OCH3 is 1. The third kappa shape index (κ3) is 2.84. The van der Waals surface area contributed by atoms with Gasteiger partial charge < -0.3 is 14.8 Å². The lowest BCUT2D eigenvalue weighted by Crippen LogP contribution is -2.51. The Hall–Kier alpha value is -2.24. The third-order valence-corrected chi connectivity index (χ3v) is 3.06. The van der Waals surface area contributed by atoms with E-state index < -0.39 is 12.0 Å². The first-order chi connectivity index (χ1) is 9.52. The summed E-state index contributed by atoms with van der Waals surface area (Å²) in [7, 11) is 1.29. The number of anilines is 1. The van der Waals surface area contributed by atoms with E-state index in [0.717, 1.165) is 0 Å². The number of rotatable bonds is 2. The van der Waals surface area contributed by atoms with E-state index in [2.05, 4.69) is 10.1 Å². The van der Waals surface area contributed by atoms with Gasteiger partial charge in [0.15, 0.2) is 0 Å². The Kier molecular flexibility index (Phi) is 4.12. The van der Waals surface area contributed by atoms with Crippen LogP contribution >= 0.6 is 0 Å². The molecule has 2 atom stereocenters. The van der Waals surface area contributed by atoms with Crippen molar-refractivity contribution in [2.24, 2.45) is 0 Å². The second-order valence-corrected chi connectivity index (χ2v) is 4.70. The van der Waals surface area contributed by atoms with Gasteiger partial charge in [0.25, 0.3) is 0 Å². The number of carbonyl (C=O) groups is 2. The minimum absolute atomic E-state index is 0.107. The standard InChI is InChI=1S/C14H18N2O4/c1-9-8-16(11-6-4-5-7-12(11)20-9)14(18)15-10(2)13(17)19-3/h4-7,9-10H,8H2,1-3H3,(H,15,18). The Morgan fingerprint density at radius 1 is 1.45 bits per heavy atom. The summed E-state index contributed by atoms with van der Waals surface area (Å²) in [6, 6.07) is 6.27. The topological polar surface area (TPSA) is 67.9 Å². The fraction of sp³-hybridized carbons (Fsp3) is 0.429. The minimum atomic E-state index is -0.696. The number of urea groups is 1. The van der Waals surface area contributed by atoms with Crippen LogP contribution in [0, 0.1) is 0 Å². The number of ether oxygens (including phenoxy) is 2. The lowest BCUT2D eigenvalue weighted by molar-refractivity contribution is -0.142. The molecule has 0 bridgehead atoms. The molecular weight excluding hydrogens is 260 g/mol. The monoisotopic (exact) mass is 278 g/mol.